The summed E-state index contributed by atoms with van der Waals surface area (Å²) < 4.78 is 0. The Hall–Kier alpha value is -1.59. The number of carbonyl (C=O) groups excluding carboxylic acids is 2. The fraction of sp³-hybridized carbons (Fsp3) is 0.556. The number of carbonyl (C=O) groups is 2. The second kappa shape index (κ2) is 10.3. The van der Waals surface area contributed by atoms with Crippen molar-refractivity contribution < 1.29 is 9.59 Å². The van der Waals surface area contributed by atoms with Crippen molar-refractivity contribution in [3.63, 3.8) is 0 Å². The second-order valence-electron chi connectivity index (χ2n) is 6.21. The van der Waals surface area contributed by atoms with Crippen LogP contribution in [0, 0.1) is 6.92 Å². The predicted molar refractivity (Wildman–Crippen MR) is 98.7 cm³/mol. The molecular formula is C18H28ClN3O2. The summed E-state index contributed by atoms with van der Waals surface area (Å²) in [5.41, 5.74) is 1.89. The molecule has 2 rings (SSSR count). The highest BCUT2D eigenvalue weighted by Crippen LogP contribution is 2.15. The molecule has 0 bridgehead atoms. The Morgan fingerprint density at radius 3 is 2.38 bits per heavy atom. The van der Waals surface area contributed by atoms with Gasteiger partial charge < -0.3 is 15.5 Å². The summed E-state index contributed by atoms with van der Waals surface area (Å²) in [5.74, 6) is 0.201. The lowest BCUT2D eigenvalue weighted by atomic mass is 10.0. The van der Waals surface area contributed by atoms with Gasteiger partial charge in [-0.25, -0.2) is 0 Å². The average molecular weight is 354 g/mol. The van der Waals surface area contributed by atoms with Crippen LogP contribution in [0.25, 0.3) is 0 Å². The molecule has 0 aliphatic carbocycles. The summed E-state index contributed by atoms with van der Waals surface area (Å²) in [5, 5.41) is 6.12. The van der Waals surface area contributed by atoms with Crippen molar-refractivity contribution in [3.8, 4) is 0 Å². The molecule has 0 saturated carbocycles. The number of likely N-dealkylation sites (tertiary alicyclic amines) is 1. The largest absolute Gasteiger partial charge is 0.353 e. The lowest BCUT2D eigenvalue weighted by Crippen LogP contribution is -2.46. The fourth-order valence-corrected chi connectivity index (χ4v) is 2.83. The van der Waals surface area contributed by atoms with Gasteiger partial charge in [0.05, 0.1) is 0 Å². The monoisotopic (exact) mass is 353 g/mol. The van der Waals surface area contributed by atoms with E-state index in [1.807, 2.05) is 43.1 Å². The molecule has 1 fully saturated rings. The molecule has 1 heterocycles. The summed E-state index contributed by atoms with van der Waals surface area (Å²) >= 11 is 0. The Kier molecular flexibility index (Phi) is 8.79. The number of hydrogen-bond acceptors (Lipinski definition) is 3. The van der Waals surface area contributed by atoms with Gasteiger partial charge in [0.15, 0.2) is 0 Å². The highest BCUT2D eigenvalue weighted by molar-refractivity contribution is 5.94. The Morgan fingerprint density at radius 1 is 1.17 bits per heavy atom. The van der Waals surface area contributed by atoms with Gasteiger partial charge in [0.2, 0.25) is 5.91 Å². The molecule has 2 N–H and O–H groups in total. The van der Waals surface area contributed by atoms with Crippen LogP contribution in [-0.2, 0) is 4.79 Å². The van der Waals surface area contributed by atoms with E-state index >= 15 is 0 Å². The third-order valence-electron chi connectivity index (χ3n) is 4.28. The summed E-state index contributed by atoms with van der Waals surface area (Å²) in [7, 11) is 1.89. The lowest BCUT2D eigenvalue weighted by Gasteiger charge is -2.32. The fourth-order valence-electron chi connectivity index (χ4n) is 2.83. The van der Waals surface area contributed by atoms with Crippen LogP contribution >= 0.6 is 12.4 Å². The van der Waals surface area contributed by atoms with E-state index < -0.39 is 0 Å². The first kappa shape index (κ1) is 20.5. The van der Waals surface area contributed by atoms with Crippen molar-refractivity contribution in [1.29, 1.82) is 0 Å². The van der Waals surface area contributed by atoms with Gasteiger partial charge in [0, 0.05) is 31.1 Å². The van der Waals surface area contributed by atoms with Crippen molar-refractivity contribution in [3.05, 3.63) is 35.4 Å². The number of piperidine rings is 1. The number of benzene rings is 1. The van der Waals surface area contributed by atoms with Crippen LogP contribution in [-0.4, -0.2) is 49.4 Å². The number of nitrogens with zero attached hydrogens (tertiary/aromatic N) is 1. The summed E-state index contributed by atoms with van der Waals surface area (Å²) in [4.78, 5) is 26.2. The molecule has 1 aliphatic rings. The van der Waals surface area contributed by atoms with Gasteiger partial charge in [-0.2, -0.15) is 0 Å². The van der Waals surface area contributed by atoms with Gasteiger partial charge in [0.1, 0.15) is 0 Å². The SMILES string of the molecule is CNCCCC(=O)NC1CCN(C(=O)c2ccc(C)cc2)CC1.Cl. The molecule has 0 spiro atoms. The molecule has 1 saturated heterocycles. The normalized spacial score (nSPS) is 14.8. The van der Waals surface area contributed by atoms with E-state index in [0.717, 1.165) is 36.9 Å². The maximum absolute atomic E-state index is 12.4. The van der Waals surface area contributed by atoms with Crippen LogP contribution in [0.2, 0.25) is 0 Å². The minimum absolute atomic E-state index is 0. The van der Waals surface area contributed by atoms with Gasteiger partial charge in [-0.1, -0.05) is 17.7 Å². The van der Waals surface area contributed by atoms with E-state index in [0.29, 0.717) is 19.5 Å². The molecule has 1 aromatic rings. The van der Waals surface area contributed by atoms with E-state index in [9.17, 15) is 9.59 Å². The summed E-state index contributed by atoms with van der Waals surface area (Å²) in [6, 6.07) is 7.89. The van der Waals surface area contributed by atoms with Gasteiger partial charge >= 0.3 is 0 Å². The first-order valence-corrected chi connectivity index (χ1v) is 8.40. The Labute approximate surface area is 150 Å². The van der Waals surface area contributed by atoms with Crippen molar-refractivity contribution in [1.82, 2.24) is 15.5 Å². The van der Waals surface area contributed by atoms with Crippen LogP contribution in [0.15, 0.2) is 24.3 Å². The van der Waals surface area contributed by atoms with Crippen LogP contribution in [0.3, 0.4) is 0 Å². The molecule has 0 atom stereocenters. The lowest BCUT2D eigenvalue weighted by molar-refractivity contribution is -0.122. The quantitative estimate of drug-likeness (QED) is 0.770. The van der Waals surface area contributed by atoms with Gasteiger partial charge in [-0.3, -0.25) is 9.59 Å². The topological polar surface area (TPSA) is 61.4 Å². The highest BCUT2D eigenvalue weighted by Gasteiger charge is 2.24. The molecule has 1 aliphatic heterocycles. The van der Waals surface area contributed by atoms with Crippen molar-refractivity contribution in [2.24, 2.45) is 0 Å². The van der Waals surface area contributed by atoms with Crippen LogP contribution in [0.4, 0.5) is 0 Å². The van der Waals surface area contributed by atoms with E-state index in [-0.39, 0.29) is 30.3 Å². The molecule has 6 heteroatoms. The van der Waals surface area contributed by atoms with E-state index in [4.69, 9.17) is 0 Å². The maximum Gasteiger partial charge on any atom is 0.253 e. The molecule has 0 aromatic heterocycles. The van der Waals surface area contributed by atoms with Gasteiger partial charge in [0.25, 0.3) is 5.91 Å². The maximum atomic E-state index is 12.4. The second-order valence-corrected chi connectivity index (χ2v) is 6.21. The average Bonchev–Trinajstić information content (AvgIpc) is 2.56. The number of halogens is 1. The third-order valence-corrected chi connectivity index (χ3v) is 4.28. The molecule has 1 aromatic carbocycles. The number of nitrogens with one attached hydrogen (secondary N) is 2. The Balaban J connectivity index is 0.00000288. The molecular weight excluding hydrogens is 326 g/mol. The molecule has 2 amide bonds. The van der Waals surface area contributed by atoms with Crippen LogP contribution < -0.4 is 10.6 Å². The van der Waals surface area contributed by atoms with E-state index in [1.165, 1.54) is 0 Å². The van der Waals surface area contributed by atoms with E-state index in [2.05, 4.69) is 10.6 Å². The number of rotatable bonds is 6. The molecule has 134 valence electrons. The van der Waals surface area contributed by atoms with Crippen LogP contribution in [0.5, 0.6) is 0 Å². The Bertz CT molecular complexity index is 526. The van der Waals surface area contributed by atoms with Crippen molar-refractivity contribution >= 4 is 24.2 Å². The van der Waals surface area contributed by atoms with Gasteiger partial charge in [-0.05, 0) is 51.9 Å². The highest BCUT2D eigenvalue weighted by atomic mass is 35.5. The molecule has 0 unspecified atom stereocenters. The number of aryl methyl sites for hydroxylation is 1. The first-order valence-electron chi connectivity index (χ1n) is 8.40. The van der Waals surface area contributed by atoms with Crippen molar-refractivity contribution in [2.45, 2.75) is 38.6 Å². The zero-order valence-electron chi connectivity index (χ0n) is 14.5. The number of hydrogen-bond donors (Lipinski definition) is 2. The zero-order chi connectivity index (χ0) is 16.7. The summed E-state index contributed by atoms with van der Waals surface area (Å²) in [6.07, 6.45) is 3.07. The van der Waals surface area contributed by atoms with Gasteiger partial charge in [-0.15, -0.1) is 12.4 Å². The van der Waals surface area contributed by atoms with E-state index in [1.54, 1.807) is 0 Å². The number of amides is 2. The van der Waals surface area contributed by atoms with Crippen molar-refractivity contribution in [2.75, 3.05) is 26.7 Å². The third kappa shape index (κ3) is 6.13. The minimum Gasteiger partial charge on any atom is -0.353 e. The molecule has 5 nitrogen and oxygen atoms in total. The smallest absolute Gasteiger partial charge is 0.253 e. The first-order chi connectivity index (χ1) is 11.1. The minimum atomic E-state index is 0. The Morgan fingerprint density at radius 2 is 1.79 bits per heavy atom. The molecule has 24 heavy (non-hydrogen) atoms. The predicted octanol–water partition coefficient (Wildman–Crippen LogP) is 2.14. The summed E-state index contributed by atoms with van der Waals surface area (Å²) in [6.45, 7) is 4.28. The zero-order valence-corrected chi connectivity index (χ0v) is 15.3. The standard InChI is InChI=1S/C18H27N3O2.ClH/c1-14-5-7-15(8-6-14)18(23)21-12-9-16(10-13-21)20-17(22)4-3-11-19-2;/h5-8,16,19H,3-4,9-13H2,1-2H3,(H,20,22);1H. The van der Waals surface area contributed by atoms with Crippen LogP contribution in [0.1, 0.15) is 41.6 Å². The molecule has 0 radical (unpaired) electrons.